The molecule has 2 rings (SSSR count). The number of aryl methyl sites for hydroxylation is 2. The maximum Gasteiger partial charge on any atom is 0.167 e. The van der Waals surface area contributed by atoms with Crippen LogP contribution >= 0.6 is 11.8 Å². The van der Waals surface area contributed by atoms with E-state index in [1.54, 1.807) is 0 Å². The van der Waals surface area contributed by atoms with Gasteiger partial charge in [-0.3, -0.25) is 4.79 Å². The summed E-state index contributed by atoms with van der Waals surface area (Å²) >= 11 is 1.82. The number of fused-ring (bicyclic) bond motifs is 1. The molecule has 0 aromatic heterocycles. The second-order valence-corrected chi connectivity index (χ2v) is 5.01. The first-order chi connectivity index (χ1) is 6.61. The van der Waals surface area contributed by atoms with Crippen molar-refractivity contribution in [1.82, 2.24) is 0 Å². The van der Waals surface area contributed by atoms with Crippen LogP contribution in [0.4, 0.5) is 0 Å². The van der Waals surface area contributed by atoms with E-state index >= 15 is 0 Å². The summed E-state index contributed by atoms with van der Waals surface area (Å²) in [6.45, 7) is 6.11. The molecule has 2 heteroatoms. The van der Waals surface area contributed by atoms with E-state index in [4.69, 9.17) is 0 Å². The van der Waals surface area contributed by atoms with Crippen molar-refractivity contribution in [3.8, 4) is 0 Å². The molecule has 0 N–H and O–H groups in total. The Morgan fingerprint density at radius 2 is 1.93 bits per heavy atom. The average Bonchev–Trinajstić information content (AvgIpc) is 2.16. The van der Waals surface area contributed by atoms with Crippen LogP contribution in [0.5, 0.6) is 0 Å². The van der Waals surface area contributed by atoms with Gasteiger partial charge in [0.05, 0.1) is 0 Å². The van der Waals surface area contributed by atoms with Crippen molar-refractivity contribution in [2.75, 3.05) is 5.75 Å². The Morgan fingerprint density at radius 3 is 2.64 bits per heavy atom. The molecule has 0 saturated carbocycles. The van der Waals surface area contributed by atoms with Crippen molar-refractivity contribution >= 4 is 17.5 Å². The van der Waals surface area contributed by atoms with Crippen molar-refractivity contribution in [1.29, 1.82) is 0 Å². The maximum absolute atomic E-state index is 12.0. The first-order valence-electron chi connectivity index (χ1n) is 4.88. The maximum atomic E-state index is 12.0. The molecular formula is C12H14OS. The highest BCUT2D eigenvalue weighted by Crippen LogP contribution is 2.36. The second-order valence-electron chi connectivity index (χ2n) is 3.98. The Balaban J connectivity index is 2.64. The van der Waals surface area contributed by atoms with Crippen LogP contribution in [0.1, 0.15) is 28.4 Å². The van der Waals surface area contributed by atoms with Crippen LogP contribution in [-0.4, -0.2) is 11.5 Å². The molecule has 1 aromatic rings. The van der Waals surface area contributed by atoms with E-state index in [2.05, 4.69) is 13.0 Å². The van der Waals surface area contributed by atoms with E-state index in [0.29, 0.717) is 5.78 Å². The van der Waals surface area contributed by atoms with Gasteiger partial charge in [-0.1, -0.05) is 19.1 Å². The fourth-order valence-electron chi connectivity index (χ4n) is 1.81. The minimum absolute atomic E-state index is 0.174. The first-order valence-corrected chi connectivity index (χ1v) is 5.87. The van der Waals surface area contributed by atoms with E-state index in [9.17, 15) is 4.79 Å². The lowest BCUT2D eigenvalue weighted by molar-refractivity contribution is 0.0935. The number of Topliss-reactive ketones (excluding diaryl/α,β-unsaturated/α-hetero) is 1. The summed E-state index contributed by atoms with van der Waals surface area (Å²) in [5.41, 5.74) is 3.32. The van der Waals surface area contributed by atoms with E-state index in [1.165, 1.54) is 10.5 Å². The van der Waals surface area contributed by atoms with Crippen LogP contribution in [0, 0.1) is 19.8 Å². The average molecular weight is 206 g/mol. The Labute approximate surface area is 88.9 Å². The highest BCUT2D eigenvalue weighted by molar-refractivity contribution is 7.99. The van der Waals surface area contributed by atoms with Crippen molar-refractivity contribution in [3.05, 3.63) is 28.8 Å². The number of hydrogen-bond acceptors (Lipinski definition) is 2. The molecule has 1 atom stereocenters. The molecule has 0 amide bonds. The number of benzene rings is 1. The quantitative estimate of drug-likeness (QED) is 0.648. The van der Waals surface area contributed by atoms with Gasteiger partial charge in [-0.2, -0.15) is 0 Å². The molecule has 1 nitrogen and oxygen atoms in total. The van der Waals surface area contributed by atoms with E-state index in [0.717, 1.165) is 16.9 Å². The summed E-state index contributed by atoms with van der Waals surface area (Å²) in [4.78, 5) is 13.2. The van der Waals surface area contributed by atoms with Crippen molar-refractivity contribution in [2.45, 2.75) is 25.7 Å². The second kappa shape index (κ2) is 3.43. The molecular weight excluding hydrogens is 192 g/mol. The van der Waals surface area contributed by atoms with Gasteiger partial charge in [0.25, 0.3) is 0 Å². The summed E-state index contributed by atoms with van der Waals surface area (Å²) in [7, 11) is 0. The summed E-state index contributed by atoms with van der Waals surface area (Å²) < 4.78 is 0. The molecule has 0 aliphatic carbocycles. The van der Waals surface area contributed by atoms with Crippen molar-refractivity contribution in [2.24, 2.45) is 5.92 Å². The standard InChI is InChI=1S/C12H14OS/c1-7-4-5-8(2)12-10(7)11(13)9(3)6-14-12/h4-5,9H,6H2,1-3H3. The van der Waals surface area contributed by atoms with Gasteiger partial charge in [-0.15, -0.1) is 11.8 Å². The topological polar surface area (TPSA) is 17.1 Å². The van der Waals surface area contributed by atoms with E-state index < -0.39 is 0 Å². The summed E-state index contributed by atoms with van der Waals surface area (Å²) in [5, 5.41) is 0. The number of carbonyl (C=O) groups is 1. The predicted molar refractivity (Wildman–Crippen MR) is 60.1 cm³/mol. The Bertz CT molecular complexity index is 396. The number of rotatable bonds is 0. The fourth-order valence-corrected chi connectivity index (χ4v) is 3.08. The van der Waals surface area contributed by atoms with Gasteiger partial charge >= 0.3 is 0 Å². The molecule has 0 spiro atoms. The molecule has 74 valence electrons. The van der Waals surface area contributed by atoms with Crippen molar-refractivity contribution < 1.29 is 4.79 Å². The van der Waals surface area contributed by atoms with Crippen LogP contribution in [0.25, 0.3) is 0 Å². The molecule has 1 unspecified atom stereocenters. The summed E-state index contributed by atoms with van der Waals surface area (Å²) in [5.74, 6) is 1.42. The molecule has 0 radical (unpaired) electrons. The molecule has 1 aliphatic heterocycles. The lowest BCUT2D eigenvalue weighted by atomic mass is 9.95. The van der Waals surface area contributed by atoms with Crippen LogP contribution in [-0.2, 0) is 0 Å². The van der Waals surface area contributed by atoms with Gasteiger partial charge in [-0.05, 0) is 25.0 Å². The lowest BCUT2D eigenvalue weighted by Crippen LogP contribution is -2.20. The number of carbonyl (C=O) groups excluding carboxylic acids is 1. The third-order valence-electron chi connectivity index (χ3n) is 2.73. The Morgan fingerprint density at radius 1 is 1.29 bits per heavy atom. The lowest BCUT2D eigenvalue weighted by Gasteiger charge is -2.22. The minimum atomic E-state index is 0.174. The van der Waals surface area contributed by atoms with Gasteiger partial charge in [0, 0.05) is 22.1 Å². The van der Waals surface area contributed by atoms with Gasteiger partial charge in [-0.25, -0.2) is 0 Å². The molecule has 0 bridgehead atoms. The van der Waals surface area contributed by atoms with Crippen LogP contribution in [0.15, 0.2) is 17.0 Å². The summed E-state index contributed by atoms with van der Waals surface area (Å²) in [6.07, 6.45) is 0. The monoisotopic (exact) mass is 206 g/mol. The zero-order valence-corrected chi connectivity index (χ0v) is 9.57. The number of thioether (sulfide) groups is 1. The smallest absolute Gasteiger partial charge is 0.167 e. The normalized spacial score (nSPS) is 20.8. The highest BCUT2D eigenvalue weighted by Gasteiger charge is 2.26. The number of ketones is 1. The van der Waals surface area contributed by atoms with E-state index in [1.807, 2.05) is 31.7 Å². The molecule has 0 saturated heterocycles. The summed E-state index contributed by atoms with van der Waals surface area (Å²) in [6, 6.07) is 4.15. The van der Waals surface area contributed by atoms with Crippen LogP contribution in [0.2, 0.25) is 0 Å². The van der Waals surface area contributed by atoms with Gasteiger partial charge < -0.3 is 0 Å². The largest absolute Gasteiger partial charge is 0.294 e. The predicted octanol–water partition coefficient (Wildman–Crippen LogP) is 3.23. The Kier molecular flexibility index (Phi) is 2.40. The van der Waals surface area contributed by atoms with Gasteiger partial charge in [0.1, 0.15) is 0 Å². The van der Waals surface area contributed by atoms with Crippen LogP contribution in [0.3, 0.4) is 0 Å². The molecule has 1 aliphatic rings. The highest BCUT2D eigenvalue weighted by atomic mass is 32.2. The Hall–Kier alpha value is -0.760. The van der Waals surface area contributed by atoms with E-state index in [-0.39, 0.29) is 5.92 Å². The van der Waals surface area contributed by atoms with Gasteiger partial charge in [0.15, 0.2) is 5.78 Å². The molecule has 1 aromatic carbocycles. The molecule has 0 fully saturated rings. The SMILES string of the molecule is Cc1ccc(C)c2c1SCC(C)C2=O. The minimum Gasteiger partial charge on any atom is -0.294 e. The third-order valence-corrected chi connectivity index (χ3v) is 4.22. The van der Waals surface area contributed by atoms with Crippen LogP contribution < -0.4 is 0 Å². The van der Waals surface area contributed by atoms with Crippen molar-refractivity contribution in [3.63, 3.8) is 0 Å². The third kappa shape index (κ3) is 1.38. The fraction of sp³-hybridized carbons (Fsp3) is 0.417. The molecule has 14 heavy (non-hydrogen) atoms. The van der Waals surface area contributed by atoms with Gasteiger partial charge in [0.2, 0.25) is 0 Å². The zero-order valence-electron chi connectivity index (χ0n) is 8.76. The molecule has 1 heterocycles. The zero-order chi connectivity index (χ0) is 10.3. The number of hydrogen-bond donors (Lipinski definition) is 0. The first kappa shape index (κ1) is 9.78.